The summed E-state index contributed by atoms with van der Waals surface area (Å²) in [4.78, 5) is 16.1. The standard InChI is InChI=1S/C19H24N8/c1-5-15-19-25-24-12(4)27(19)16-10-22-17(23-18(16)26(15)11(2)3)14-6-7-21-9-13(14)8-20/h6-7,9-11,15H,5,8,20H2,1-4H3/t15-/m1/s1. The van der Waals surface area contributed by atoms with E-state index in [9.17, 15) is 0 Å². The van der Waals surface area contributed by atoms with Crippen molar-refractivity contribution >= 4 is 5.82 Å². The Labute approximate surface area is 158 Å². The van der Waals surface area contributed by atoms with E-state index in [2.05, 4.69) is 50.4 Å². The molecule has 4 heterocycles. The van der Waals surface area contributed by atoms with Crippen LogP contribution >= 0.6 is 0 Å². The molecule has 1 aliphatic heterocycles. The monoisotopic (exact) mass is 364 g/mol. The van der Waals surface area contributed by atoms with E-state index in [1.807, 2.05) is 19.2 Å². The summed E-state index contributed by atoms with van der Waals surface area (Å²) in [5.74, 6) is 3.35. The van der Waals surface area contributed by atoms with Gasteiger partial charge in [0.2, 0.25) is 0 Å². The van der Waals surface area contributed by atoms with Crippen molar-refractivity contribution in [1.82, 2.24) is 29.7 Å². The number of hydrogen-bond donors (Lipinski definition) is 1. The normalized spacial score (nSPS) is 15.8. The highest BCUT2D eigenvalue weighted by Gasteiger charge is 2.36. The average Bonchev–Trinajstić information content (AvgIpc) is 3.07. The Kier molecular flexibility index (Phi) is 4.35. The molecule has 0 spiro atoms. The van der Waals surface area contributed by atoms with Gasteiger partial charge in [0, 0.05) is 30.5 Å². The number of anilines is 1. The molecule has 3 aromatic rings. The fourth-order valence-electron chi connectivity index (χ4n) is 3.80. The number of nitrogens with two attached hydrogens (primary N) is 1. The molecular weight excluding hydrogens is 340 g/mol. The van der Waals surface area contributed by atoms with E-state index >= 15 is 0 Å². The molecule has 140 valence electrons. The Bertz CT molecular complexity index is 978. The maximum absolute atomic E-state index is 5.89. The maximum Gasteiger partial charge on any atom is 0.162 e. The van der Waals surface area contributed by atoms with Gasteiger partial charge in [-0.25, -0.2) is 9.97 Å². The van der Waals surface area contributed by atoms with Crippen LogP contribution < -0.4 is 10.6 Å². The van der Waals surface area contributed by atoms with Crippen LogP contribution in [0.4, 0.5) is 5.82 Å². The lowest BCUT2D eigenvalue weighted by Gasteiger charge is -2.39. The SMILES string of the molecule is CC[C@@H]1c2nnc(C)n2-c2cnc(-c3ccncc3CN)nc2N1C(C)C. The Morgan fingerprint density at radius 1 is 1.22 bits per heavy atom. The first kappa shape index (κ1) is 17.5. The van der Waals surface area contributed by atoms with Gasteiger partial charge in [0.15, 0.2) is 17.5 Å². The van der Waals surface area contributed by atoms with E-state index in [0.717, 1.165) is 40.7 Å². The molecule has 0 bridgehead atoms. The second kappa shape index (κ2) is 6.70. The minimum absolute atomic E-state index is 0.118. The maximum atomic E-state index is 5.89. The molecule has 2 N–H and O–H groups in total. The fraction of sp³-hybridized carbons (Fsp3) is 0.421. The van der Waals surface area contributed by atoms with Gasteiger partial charge in [-0.3, -0.25) is 9.55 Å². The molecule has 0 radical (unpaired) electrons. The van der Waals surface area contributed by atoms with Crippen LogP contribution in [0.2, 0.25) is 0 Å². The third-order valence-electron chi connectivity index (χ3n) is 5.03. The molecule has 0 saturated carbocycles. The largest absolute Gasteiger partial charge is 0.342 e. The zero-order valence-electron chi connectivity index (χ0n) is 16.1. The van der Waals surface area contributed by atoms with Gasteiger partial charge in [-0.2, -0.15) is 0 Å². The molecule has 0 saturated heterocycles. The lowest BCUT2D eigenvalue weighted by molar-refractivity contribution is 0.496. The molecule has 4 rings (SSSR count). The van der Waals surface area contributed by atoms with E-state index in [1.165, 1.54) is 0 Å². The van der Waals surface area contributed by atoms with E-state index < -0.39 is 0 Å². The molecule has 8 heteroatoms. The van der Waals surface area contributed by atoms with Crippen molar-refractivity contribution in [3.63, 3.8) is 0 Å². The predicted molar refractivity (Wildman–Crippen MR) is 103 cm³/mol. The van der Waals surface area contributed by atoms with Crippen molar-refractivity contribution in [3.8, 4) is 17.1 Å². The number of aromatic nitrogens is 6. The molecule has 8 nitrogen and oxygen atoms in total. The molecule has 1 aliphatic rings. The average molecular weight is 364 g/mol. The van der Waals surface area contributed by atoms with Crippen LogP contribution in [0.3, 0.4) is 0 Å². The highest BCUT2D eigenvalue weighted by atomic mass is 15.4. The summed E-state index contributed by atoms with van der Waals surface area (Å²) in [5.41, 5.74) is 8.65. The first-order valence-electron chi connectivity index (χ1n) is 9.27. The molecule has 27 heavy (non-hydrogen) atoms. The van der Waals surface area contributed by atoms with E-state index in [0.29, 0.717) is 12.4 Å². The van der Waals surface area contributed by atoms with Crippen LogP contribution in [0.5, 0.6) is 0 Å². The van der Waals surface area contributed by atoms with E-state index in [4.69, 9.17) is 10.7 Å². The van der Waals surface area contributed by atoms with Gasteiger partial charge in [-0.05, 0) is 38.8 Å². The molecule has 3 aromatic heterocycles. The summed E-state index contributed by atoms with van der Waals surface area (Å²) >= 11 is 0. The van der Waals surface area contributed by atoms with Crippen LogP contribution in [-0.2, 0) is 6.54 Å². The minimum atomic E-state index is 0.118. The van der Waals surface area contributed by atoms with Crippen LogP contribution in [0.25, 0.3) is 17.1 Å². The van der Waals surface area contributed by atoms with Crippen molar-refractivity contribution in [2.75, 3.05) is 4.90 Å². The first-order valence-corrected chi connectivity index (χ1v) is 9.27. The van der Waals surface area contributed by atoms with Crippen molar-refractivity contribution in [2.24, 2.45) is 5.73 Å². The van der Waals surface area contributed by atoms with Crippen molar-refractivity contribution in [3.05, 3.63) is 41.9 Å². The predicted octanol–water partition coefficient (Wildman–Crippen LogP) is 2.57. The highest BCUT2D eigenvalue weighted by Crippen LogP contribution is 2.40. The van der Waals surface area contributed by atoms with Gasteiger partial charge in [-0.15, -0.1) is 10.2 Å². The third kappa shape index (κ3) is 2.68. The van der Waals surface area contributed by atoms with Crippen molar-refractivity contribution < 1.29 is 0 Å². The van der Waals surface area contributed by atoms with Crippen LogP contribution in [-0.4, -0.2) is 35.8 Å². The summed E-state index contributed by atoms with van der Waals surface area (Å²) in [5, 5.41) is 8.74. The Hall–Kier alpha value is -2.87. The van der Waals surface area contributed by atoms with Gasteiger partial charge in [0.1, 0.15) is 11.5 Å². The van der Waals surface area contributed by atoms with Crippen molar-refractivity contribution in [2.45, 2.75) is 52.7 Å². The third-order valence-corrected chi connectivity index (χ3v) is 5.03. The zero-order chi connectivity index (χ0) is 19.1. The lowest BCUT2D eigenvalue weighted by atomic mass is 10.1. The van der Waals surface area contributed by atoms with E-state index in [1.54, 1.807) is 12.4 Å². The minimum Gasteiger partial charge on any atom is -0.342 e. The topological polar surface area (TPSA) is 98.6 Å². The van der Waals surface area contributed by atoms with E-state index in [-0.39, 0.29) is 12.1 Å². The summed E-state index contributed by atoms with van der Waals surface area (Å²) in [7, 11) is 0. The van der Waals surface area contributed by atoms with Crippen LogP contribution in [0, 0.1) is 6.92 Å². The molecule has 0 fully saturated rings. The van der Waals surface area contributed by atoms with Crippen LogP contribution in [0.1, 0.15) is 50.4 Å². The lowest BCUT2D eigenvalue weighted by Crippen LogP contribution is -2.40. The number of pyridine rings is 1. The molecule has 0 unspecified atom stereocenters. The molecule has 0 amide bonds. The fourth-order valence-corrected chi connectivity index (χ4v) is 3.80. The van der Waals surface area contributed by atoms with Gasteiger partial charge >= 0.3 is 0 Å². The Balaban J connectivity index is 1.95. The van der Waals surface area contributed by atoms with Crippen molar-refractivity contribution in [1.29, 1.82) is 0 Å². The number of aryl methyl sites for hydroxylation is 1. The molecule has 0 aromatic carbocycles. The smallest absolute Gasteiger partial charge is 0.162 e. The molecule has 0 aliphatic carbocycles. The Morgan fingerprint density at radius 2 is 2.04 bits per heavy atom. The quantitative estimate of drug-likeness (QED) is 0.759. The highest BCUT2D eigenvalue weighted by molar-refractivity contribution is 5.68. The summed E-state index contributed by atoms with van der Waals surface area (Å²) in [6.07, 6.45) is 6.29. The number of rotatable bonds is 4. The number of fused-ring (bicyclic) bond motifs is 3. The second-order valence-corrected chi connectivity index (χ2v) is 7.01. The van der Waals surface area contributed by atoms with Gasteiger partial charge in [0.25, 0.3) is 0 Å². The first-order chi connectivity index (χ1) is 13.1. The van der Waals surface area contributed by atoms with Crippen LogP contribution in [0.15, 0.2) is 24.7 Å². The Morgan fingerprint density at radius 3 is 2.74 bits per heavy atom. The van der Waals surface area contributed by atoms with Gasteiger partial charge in [0.05, 0.1) is 12.2 Å². The summed E-state index contributed by atoms with van der Waals surface area (Å²) in [6, 6.07) is 2.29. The number of hydrogen-bond acceptors (Lipinski definition) is 7. The van der Waals surface area contributed by atoms with Gasteiger partial charge < -0.3 is 10.6 Å². The molecular formula is C19H24N8. The summed E-state index contributed by atoms with van der Waals surface area (Å²) < 4.78 is 2.07. The zero-order valence-corrected chi connectivity index (χ0v) is 16.1. The molecule has 1 atom stereocenters. The van der Waals surface area contributed by atoms with Gasteiger partial charge in [-0.1, -0.05) is 6.92 Å². The summed E-state index contributed by atoms with van der Waals surface area (Å²) in [6.45, 7) is 8.86. The number of nitrogens with zero attached hydrogens (tertiary/aromatic N) is 7. The second-order valence-electron chi connectivity index (χ2n) is 7.01.